The topological polar surface area (TPSA) is 214 Å². The zero-order chi connectivity index (χ0) is 61.7. The third-order valence-corrected chi connectivity index (χ3v) is 23.9. The molecule has 0 radical (unpaired) electrons. The molecule has 9 aliphatic rings. The molecule has 17 atom stereocenters. The Hall–Kier alpha value is -1.96. The predicted octanol–water partition coefficient (Wildman–Crippen LogP) is 9.73. The number of esters is 2. The highest BCUT2D eigenvalue weighted by atomic mass is 32.2. The second kappa shape index (κ2) is 35.5. The van der Waals surface area contributed by atoms with Crippen molar-refractivity contribution in [2.24, 2.45) is 46.3 Å². The second-order valence-electron chi connectivity index (χ2n) is 27.6. The summed E-state index contributed by atoms with van der Waals surface area (Å²) in [5.41, 5.74) is -0.437. The molecular weight excluding hydrogens is 1150 g/mol. The highest BCUT2D eigenvalue weighted by Crippen LogP contribution is 2.70. The van der Waals surface area contributed by atoms with Gasteiger partial charge in [-0.05, 0) is 177 Å². The lowest BCUT2D eigenvalue weighted by molar-refractivity contribution is -0.289. The first-order valence-corrected chi connectivity index (χ1v) is 35.7. The maximum atomic E-state index is 13.2. The number of unbranched alkanes of at least 4 members (excludes halogenated alkanes) is 1. The van der Waals surface area contributed by atoms with E-state index >= 15 is 0 Å². The Balaban J connectivity index is 0.573. The van der Waals surface area contributed by atoms with Gasteiger partial charge in [-0.2, -0.15) is 11.8 Å². The molecule has 0 aromatic heterocycles. The van der Waals surface area contributed by atoms with Crippen molar-refractivity contribution in [2.45, 2.75) is 229 Å². The zero-order valence-electron chi connectivity index (χ0n) is 54.5. The average Bonchev–Trinajstić information content (AvgIpc) is 1.26. The monoisotopic (exact) mass is 1270 g/mol. The van der Waals surface area contributed by atoms with Crippen LogP contribution in [0.1, 0.15) is 176 Å². The van der Waals surface area contributed by atoms with Crippen LogP contribution in [0, 0.1) is 46.3 Å². The standard InChI is InChI=1S/C67H114N2O18S/c1-48(51-20-21-52-62-53(46-55(66(51,52)4)87-61-18-10-13-27-84-61)64(2)24-23-50(85-59-16-8-11-25-82-59)44-49(64)45-54(62)86-60-17-9-12-26-83-60)19-22-58(71)81-43-41-79-39-37-77-35-33-75-31-29-73-28-30-74-32-34-76-36-38-78-40-42-80-57(70)15-7-6-14-56-67(5)65(3,47-88-56)68-63(72)69-67/h48-56,59-62H,6-47H2,1-5H3,(H2,68,69,72)/t48-,49+,50-,51-,52+,53+,54-,55+,56+,59?,60?,61?,62+,64+,65+,66-,67-/m1/s1. The Morgan fingerprint density at radius 2 is 1.09 bits per heavy atom. The summed E-state index contributed by atoms with van der Waals surface area (Å²) in [6, 6.07) is -0.0956. The lowest BCUT2D eigenvalue weighted by atomic mass is 9.43. The summed E-state index contributed by atoms with van der Waals surface area (Å²) in [5.74, 6) is 3.03. The normalized spacial score (nSPS) is 36.6. The van der Waals surface area contributed by atoms with Crippen molar-refractivity contribution in [1.29, 1.82) is 0 Å². The molecule has 0 aromatic carbocycles. The molecule has 506 valence electrons. The minimum Gasteiger partial charge on any atom is -0.463 e. The molecule has 88 heavy (non-hydrogen) atoms. The van der Waals surface area contributed by atoms with E-state index in [-0.39, 0.29) is 90.3 Å². The van der Waals surface area contributed by atoms with Gasteiger partial charge in [-0.3, -0.25) is 9.59 Å². The molecule has 4 aliphatic carbocycles. The molecule has 0 aromatic rings. The van der Waals surface area contributed by atoms with E-state index in [1.807, 2.05) is 11.8 Å². The van der Waals surface area contributed by atoms with E-state index in [2.05, 4.69) is 45.3 Å². The Labute approximate surface area is 530 Å². The maximum absolute atomic E-state index is 13.2. The molecule has 4 saturated carbocycles. The molecule has 5 heterocycles. The largest absolute Gasteiger partial charge is 0.463 e. The van der Waals surface area contributed by atoms with E-state index in [9.17, 15) is 14.4 Å². The number of ether oxygens (including phenoxy) is 15. The van der Waals surface area contributed by atoms with Gasteiger partial charge in [-0.1, -0.05) is 27.2 Å². The number of urea groups is 1. The molecule has 9 fully saturated rings. The number of nitrogens with one attached hydrogen (secondary N) is 2. The summed E-state index contributed by atoms with van der Waals surface area (Å²) in [7, 11) is 0. The van der Waals surface area contributed by atoms with Crippen LogP contribution in [-0.4, -0.2) is 203 Å². The summed E-state index contributed by atoms with van der Waals surface area (Å²) in [6.07, 6.45) is 21.5. The lowest BCUT2D eigenvalue weighted by Gasteiger charge is -2.65. The van der Waals surface area contributed by atoms with Crippen molar-refractivity contribution in [3.8, 4) is 0 Å². The lowest BCUT2D eigenvalue weighted by Crippen LogP contribution is -2.64. The van der Waals surface area contributed by atoms with Gasteiger partial charge in [0, 0.05) is 49.1 Å². The molecule has 2 amide bonds. The van der Waals surface area contributed by atoms with Crippen molar-refractivity contribution in [1.82, 2.24) is 10.6 Å². The van der Waals surface area contributed by atoms with Gasteiger partial charge in [0.15, 0.2) is 18.9 Å². The Bertz CT molecular complexity index is 2070. The fourth-order valence-corrected chi connectivity index (χ4v) is 18.8. The molecular formula is C67H114N2O18S. The van der Waals surface area contributed by atoms with Crippen molar-refractivity contribution in [2.75, 3.05) is 131 Å². The fraction of sp³-hybridized carbons (Fsp3) is 0.955. The van der Waals surface area contributed by atoms with Crippen molar-refractivity contribution in [3.05, 3.63) is 0 Å². The predicted molar refractivity (Wildman–Crippen MR) is 331 cm³/mol. The van der Waals surface area contributed by atoms with Crippen LogP contribution < -0.4 is 10.6 Å². The van der Waals surface area contributed by atoms with E-state index in [0.29, 0.717) is 146 Å². The number of carbonyl (C=O) groups is 3. The SMILES string of the molecule is C[C@H](CCC(=O)OCCOCCOCCOCCOCCOCCOCCOCCOC(=O)CCCC[C@@H]1SC[C@]2(C)NC(=O)N[C@]12C)[C@H]1CC[C@H]2[C@@H]3[C@H](OC4CCCCO4)C[C@@H]4C[C@H](OC5CCCCO5)CC[C@]4(C)[C@H]3C[C@H](OC3CCCCO3)[C@]12C. The molecule has 0 bridgehead atoms. The number of hydrogen-bond acceptors (Lipinski definition) is 19. The molecule has 21 heteroatoms. The van der Waals surface area contributed by atoms with Crippen LogP contribution in [0.3, 0.4) is 0 Å². The van der Waals surface area contributed by atoms with Crippen LogP contribution in [0.2, 0.25) is 0 Å². The van der Waals surface area contributed by atoms with Crippen LogP contribution in [-0.2, 0) is 80.6 Å². The molecule has 20 nitrogen and oxygen atoms in total. The molecule has 2 N–H and O–H groups in total. The number of carbonyl (C=O) groups excluding carboxylic acids is 3. The smallest absolute Gasteiger partial charge is 0.315 e. The van der Waals surface area contributed by atoms with Crippen LogP contribution in [0.5, 0.6) is 0 Å². The molecule has 0 spiro atoms. The molecule has 5 saturated heterocycles. The summed E-state index contributed by atoms with van der Waals surface area (Å²) < 4.78 is 90.5. The van der Waals surface area contributed by atoms with Crippen molar-refractivity contribution < 1.29 is 85.4 Å². The van der Waals surface area contributed by atoms with Gasteiger partial charge in [-0.15, -0.1) is 0 Å². The summed E-state index contributed by atoms with van der Waals surface area (Å²) in [6.45, 7) is 20.5. The number of fused-ring (bicyclic) bond motifs is 6. The zero-order valence-corrected chi connectivity index (χ0v) is 55.3. The first-order chi connectivity index (χ1) is 42.8. The first kappa shape index (κ1) is 70.4. The summed E-state index contributed by atoms with van der Waals surface area (Å²) in [4.78, 5) is 37.4. The second-order valence-corrected chi connectivity index (χ2v) is 28.8. The van der Waals surface area contributed by atoms with E-state index < -0.39 is 0 Å². The number of rotatable bonds is 39. The van der Waals surface area contributed by atoms with Gasteiger partial charge in [0.05, 0.1) is 122 Å². The highest BCUT2D eigenvalue weighted by Gasteiger charge is 2.67. The van der Waals surface area contributed by atoms with Gasteiger partial charge in [0.25, 0.3) is 0 Å². The van der Waals surface area contributed by atoms with Gasteiger partial charge >= 0.3 is 18.0 Å². The Kier molecular flexibility index (Phi) is 28.4. The molecule has 3 unspecified atom stereocenters. The first-order valence-electron chi connectivity index (χ1n) is 34.7. The van der Waals surface area contributed by atoms with Gasteiger partial charge in [-0.25, -0.2) is 4.79 Å². The summed E-state index contributed by atoms with van der Waals surface area (Å²) >= 11 is 1.88. The van der Waals surface area contributed by atoms with Gasteiger partial charge in [0.1, 0.15) is 13.2 Å². The molecule has 9 rings (SSSR count). The molecule has 5 aliphatic heterocycles. The van der Waals surface area contributed by atoms with Crippen molar-refractivity contribution >= 4 is 29.7 Å². The Morgan fingerprint density at radius 1 is 0.568 bits per heavy atom. The third-order valence-electron chi connectivity index (χ3n) is 22.1. The number of thioether (sulfide) groups is 1. The Morgan fingerprint density at radius 3 is 1.64 bits per heavy atom. The van der Waals surface area contributed by atoms with E-state index in [4.69, 9.17) is 71.1 Å². The van der Waals surface area contributed by atoms with Crippen LogP contribution in [0.4, 0.5) is 4.79 Å². The number of amides is 2. The maximum Gasteiger partial charge on any atom is 0.315 e. The van der Waals surface area contributed by atoms with Crippen LogP contribution in [0.25, 0.3) is 0 Å². The minimum atomic E-state index is -0.274. The van der Waals surface area contributed by atoms with Crippen molar-refractivity contribution in [3.63, 3.8) is 0 Å². The highest BCUT2D eigenvalue weighted by molar-refractivity contribution is 8.00. The van der Waals surface area contributed by atoms with E-state index in [1.54, 1.807) is 0 Å². The van der Waals surface area contributed by atoms with Crippen LogP contribution in [0.15, 0.2) is 0 Å². The van der Waals surface area contributed by atoms with Crippen LogP contribution >= 0.6 is 11.8 Å². The van der Waals surface area contributed by atoms with Gasteiger partial charge in [0.2, 0.25) is 0 Å². The number of hydrogen-bond donors (Lipinski definition) is 2. The minimum absolute atomic E-state index is 0.0635. The summed E-state index contributed by atoms with van der Waals surface area (Å²) in [5, 5.41) is 6.51. The fourth-order valence-electron chi connectivity index (χ4n) is 16.9. The average molecular weight is 1270 g/mol. The van der Waals surface area contributed by atoms with E-state index in [1.165, 1.54) is 6.42 Å². The quantitative estimate of drug-likeness (QED) is 0.0254. The van der Waals surface area contributed by atoms with Gasteiger partial charge < -0.3 is 81.7 Å². The van der Waals surface area contributed by atoms with E-state index in [0.717, 1.165) is 148 Å². The third kappa shape index (κ3) is 19.1.